The summed E-state index contributed by atoms with van der Waals surface area (Å²) in [5.74, 6) is 1.02. The Balaban J connectivity index is 2.14. The van der Waals surface area contributed by atoms with Gasteiger partial charge >= 0.3 is 0 Å². The van der Waals surface area contributed by atoms with Gasteiger partial charge in [-0.05, 0) is 26.8 Å². The molecule has 7 heteroatoms. The quantitative estimate of drug-likeness (QED) is 0.836. The topological polar surface area (TPSA) is 80.6 Å². The van der Waals surface area contributed by atoms with Crippen LogP contribution in [0.2, 0.25) is 0 Å². The van der Waals surface area contributed by atoms with Crippen LogP contribution in [0.15, 0.2) is 15.4 Å². The minimum absolute atomic E-state index is 0.152. The van der Waals surface area contributed by atoms with Gasteiger partial charge in [0.25, 0.3) is 0 Å². The van der Waals surface area contributed by atoms with Crippen molar-refractivity contribution in [1.29, 1.82) is 0 Å². The molecule has 0 aliphatic carbocycles. The molecular weight excluding hydrogens is 268 g/mol. The van der Waals surface area contributed by atoms with Gasteiger partial charge in [-0.2, -0.15) is 0 Å². The van der Waals surface area contributed by atoms with Gasteiger partial charge in [-0.15, -0.1) is 0 Å². The Morgan fingerprint density at radius 3 is 2.89 bits per heavy atom. The minimum atomic E-state index is -3.54. The lowest BCUT2D eigenvalue weighted by Gasteiger charge is -2.22. The molecule has 1 fully saturated rings. The molecule has 108 valence electrons. The number of rotatable bonds is 5. The fourth-order valence-electron chi connectivity index (χ4n) is 2.17. The summed E-state index contributed by atoms with van der Waals surface area (Å²) in [4.78, 5) is 0.211. The summed E-state index contributed by atoms with van der Waals surface area (Å²) in [6, 6.07) is 1.42. The molecule has 0 spiro atoms. The highest BCUT2D eigenvalue weighted by atomic mass is 32.2. The molecule has 1 unspecified atom stereocenters. The lowest BCUT2D eigenvalue weighted by atomic mass is 10.1. The number of furan rings is 1. The van der Waals surface area contributed by atoms with Crippen molar-refractivity contribution < 1.29 is 17.6 Å². The Morgan fingerprint density at radius 2 is 2.26 bits per heavy atom. The lowest BCUT2D eigenvalue weighted by Crippen LogP contribution is -2.40. The van der Waals surface area contributed by atoms with E-state index in [2.05, 4.69) is 10.0 Å². The van der Waals surface area contributed by atoms with E-state index in [4.69, 9.17) is 9.15 Å². The zero-order valence-electron chi connectivity index (χ0n) is 11.2. The highest BCUT2D eigenvalue weighted by Crippen LogP contribution is 2.21. The fourth-order valence-corrected chi connectivity index (χ4v) is 3.63. The van der Waals surface area contributed by atoms with Crippen molar-refractivity contribution in [2.45, 2.75) is 37.2 Å². The second-order valence-electron chi connectivity index (χ2n) is 4.70. The maximum atomic E-state index is 12.3. The summed E-state index contributed by atoms with van der Waals surface area (Å²) in [5.41, 5.74) is 0. The van der Waals surface area contributed by atoms with Gasteiger partial charge in [0.05, 0.1) is 13.2 Å². The van der Waals surface area contributed by atoms with Crippen molar-refractivity contribution in [1.82, 2.24) is 10.0 Å². The Labute approximate surface area is 113 Å². The molecule has 0 radical (unpaired) electrons. The maximum Gasteiger partial charge on any atom is 0.244 e. The molecule has 1 aromatic heterocycles. The van der Waals surface area contributed by atoms with Gasteiger partial charge in [0.2, 0.25) is 10.0 Å². The number of hydrogen-bond acceptors (Lipinski definition) is 5. The molecular formula is C12H20N2O4S. The molecule has 2 rings (SSSR count). The third kappa shape index (κ3) is 3.56. The summed E-state index contributed by atoms with van der Waals surface area (Å²) in [6.07, 6.45) is 1.68. The van der Waals surface area contributed by atoms with Crippen LogP contribution in [0.5, 0.6) is 0 Å². The second-order valence-corrected chi connectivity index (χ2v) is 6.38. The monoisotopic (exact) mass is 288 g/mol. The van der Waals surface area contributed by atoms with Gasteiger partial charge in [0.15, 0.2) is 0 Å². The molecule has 0 amide bonds. The van der Waals surface area contributed by atoms with Crippen molar-refractivity contribution >= 4 is 10.0 Å². The first kappa shape index (κ1) is 14.5. The highest BCUT2D eigenvalue weighted by molar-refractivity contribution is 7.89. The van der Waals surface area contributed by atoms with E-state index < -0.39 is 10.0 Å². The standard InChI is InChI=1S/C12H20N2O4S/c1-9-12(6-11(18-9)7-13-2)19(15,16)14-10-4-3-5-17-8-10/h6,10,13-14H,3-5,7-8H2,1-2H3. The molecule has 1 aliphatic rings. The van der Waals surface area contributed by atoms with E-state index in [0.29, 0.717) is 31.3 Å². The van der Waals surface area contributed by atoms with Crippen molar-refractivity contribution in [2.24, 2.45) is 0 Å². The fraction of sp³-hybridized carbons (Fsp3) is 0.667. The van der Waals surface area contributed by atoms with E-state index in [-0.39, 0.29) is 10.9 Å². The van der Waals surface area contributed by atoms with Crippen LogP contribution in [0.3, 0.4) is 0 Å². The molecule has 1 atom stereocenters. The smallest absolute Gasteiger partial charge is 0.244 e. The van der Waals surface area contributed by atoms with Crippen molar-refractivity contribution in [3.8, 4) is 0 Å². The van der Waals surface area contributed by atoms with Crippen LogP contribution in [0.25, 0.3) is 0 Å². The first-order valence-corrected chi connectivity index (χ1v) is 7.85. The average molecular weight is 288 g/mol. The molecule has 1 aliphatic heterocycles. The molecule has 19 heavy (non-hydrogen) atoms. The predicted molar refractivity (Wildman–Crippen MR) is 70.4 cm³/mol. The number of aryl methyl sites for hydroxylation is 1. The van der Waals surface area contributed by atoms with Crippen LogP contribution in [-0.4, -0.2) is 34.7 Å². The van der Waals surface area contributed by atoms with E-state index in [0.717, 1.165) is 12.8 Å². The van der Waals surface area contributed by atoms with Gasteiger partial charge in [0.1, 0.15) is 16.4 Å². The normalized spacial score (nSPS) is 20.6. The van der Waals surface area contributed by atoms with Crippen LogP contribution in [0.1, 0.15) is 24.4 Å². The molecule has 2 heterocycles. The van der Waals surface area contributed by atoms with Gasteiger partial charge in [-0.3, -0.25) is 0 Å². The molecule has 1 aromatic rings. The zero-order chi connectivity index (χ0) is 13.9. The number of hydrogen-bond donors (Lipinski definition) is 2. The van der Waals surface area contributed by atoms with Gasteiger partial charge in [-0.1, -0.05) is 0 Å². The summed E-state index contributed by atoms with van der Waals surface area (Å²) in [5, 5.41) is 2.93. The van der Waals surface area contributed by atoms with Crippen molar-refractivity contribution in [3.05, 3.63) is 17.6 Å². The SMILES string of the molecule is CNCc1cc(S(=O)(=O)NC2CCCOC2)c(C)o1. The van der Waals surface area contributed by atoms with Gasteiger partial charge < -0.3 is 14.5 Å². The summed E-state index contributed by atoms with van der Waals surface area (Å²) < 4.78 is 38.0. The van der Waals surface area contributed by atoms with Crippen LogP contribution >= 0.6 is 0 Å². The van der Waals surface area contributed by atoms with E-state index in [1.54, 1.807) is 20.0 Å². The highest BCUT2D eigenvalue weighted by Gasteiger charge is 2.26. The lowest BCUT2D eigenvalue weighted by molar-refractivity contribution is 0.0774. The van der Waals surface area contributed by atoms with Crippen LogP contribution in [0.4, 0.5) is 0 Å². The summed E-state index contributed by atoms with van der Waals surface area (Å²) in [6.45, 7) is 3.29. The van der Waals surface area contributed by atoms with Gasteiger partial charge in [-0.25, -0.2) is 13.1 Å². The molecule has 1 saturated heterocycles. The number of nitrogens with one attached hydrogen (secondary N) is 2. The zero-order valence-corrected chi connectivity index (χ0v) is 12.0. The Hall–Kier alpha value is -0.890. The molecule has 0 bridgehead atoms. The predicted octanol–water partition coefficient (Wildman–Crippen LogP) is 0.765. The van der Waals surface area contributed by atoms with E-state index in [1.807, 2.05) is 0 Å². The third-order valence-corrected chi connectivity index (χ3v) is 4.67. The van der Waals surface area contributed by atoms with Crippen LogP contribution in [0, 0.1) is 6.92 Å². The maximum absolute atomic E-state index is 12.3. The average Bonchev–Trinajstić information content (AvgIpc) is 2.72. The van der Waals surface area contributed by atoms with E-state index in [1.165, 1.54) is 0 Å². The number of ether oxygens (including phenoxy) is 1. The van der Waals surface area contributed by atoms with Gasteiger partial charge in [0, 0.05) is 18.7 Å². The van der Waals surface area contributed by atoms with Crippen LogP contribution in [-0.2, 0) is 21.3 Å². The largest absolute Gasteiger partial charge is 0.464 e. The molecule has 0 aromatic carbocycles. The number of sulfonamides is 1. The van der Waals surface area contributed by atoms with Crippen molar-refractivity contribution in [2.75, 3.05) is 20.3 Å². The minimum Gasteiger partial charge on any atom is -0.464 e. The van der Waals surface area contributed by atoms with Crippen molar-refractivity contribution in [3.63, 3.8) is 0 Å². The third-order valence-electron chi connectivity index (χ3n) is 3.05. The van der Waals surface area contributed by atoms with E-state index in [9.17, 15) is 8.42 Å². The van der Waals surface area contributed by atoms with E-state index >= 15 is 0 Å². The van der Waals surface area contributed by atoms with Crippen LogP contribution < -0.4 is 10.0 Å². The summed E-state index contributed by atoms with van der Waals surface area (Å²) in [7, 11) is -1.76. The first-order valence-electron chi connectivity index (χ1n) is 6.37. The Morgan fingerprint density at radius 1 is 1.47 bits per heavy atom. The molecule has 0 saturated carbocycles. The Bertz CT molecular complexity index is 518. The molecule has 2 N–H and O–H groups in total. The second kappa shape index (κ2) is 6.04. The summed E-state index contributed by atoms with van der Waals surface area (Å²) >= 11 is 0. The Kier molecular flexibility index (Phi) is 4.62. The molecule has 6 nitrogen and oxygen atoms in total. The first-order chi connectivity index (χ1) is 9.03.